The summed E-state index contributed by atoms with van der Waals surface area (Å²) in [4.78, 5) is 13.5. The molecule has 2 heterocycles. The molecule has 1 aliphatic heterocycles. The number of rotatable bonds is 3. The van der Waals surface area contributed by atoms with E-state index in [2.05, 4.69) is 0 Å². The molecular formula is C24H24O7. The lowest BCUT2D eigenvalue weighted by Crippen LogP contribution is -2.33. The van der Waals surface area contributed by atoms with Crippen LogP contribution < -0.4 is 10.2 Å². The van der Waals surface area contributed by atoms with Gasteiger partial charge >= 0.3 is 0 Å². The number of hydrogen-bond acceptors (Lipinski definition) is 7. The second kappa shape index (κ2) is 7.06. The van der Waals surface area contributed by atoms with Crippen LogP contribution in [0.3, 0.4) is 0 Å². The van der Waals surface area contributed by atoms with Crippen molar-refractivity contribution in [1.82, 2.24) is 0 Å². The summed E-state index contributed by atoms with van der Waals surface area (Å²) < 4.78 is 11.7. The molecule has 2 aromatic carbocycles. The van der Waals surface area contributed by atoms with Crippen molar-refractivity contribution < 1.29 is 29.6 Å². The molecule has 0 atom stereocenters. The molecule has 4 rings (SSSR count). The summed E-state index contributed by atoms with van der Waals surface area (Å²) in [7, 11) is 0. The number of aliphatic hydroxyl groups excluding tert-OH is 2. The van der Waals surface area contributed by atoms with E-state index in [-0.39, 0.29) is 56.1 Å². The van der Waals surface area contributed by atoms with Crippen molar-refractivity contribution >= 4 is 28.0 Å². The summed E-state index contributed by atoms with van der Waals surface area (Å²) in [5.74, 6) is -0.369. The summed E-state index contributed by atoms with van der Waals surface area (Å²) in [5.41, 5.74) is 0.572. The van der Waals surface area contributed by atoms with E-state index in [9.17, 15) is 25.2 Å². The van der Waals surface area contributed by atoms with Gasteiger partial charge in [0.15, 0.2) is 5.60 Å². The molecule has 0 radical (unpaired) electrons. The zero-order chi connectivity index (χ0) is 22.7. The van der Waals surface area contributed by atoms with Crippen LogP contribution in [-0.4, -0.2) is 26.0 Å². The average molecular weight is 424 g/mol. The fraction of sp³-hybridized carbons (Fsp3) is 0.292. The molecule has 1 aromatic heterocycles. The molecule has 0 fully saturated rings. The van der Waals surface area contributed by atoms with Crippen LogP contribution in [0.4, 0.5) is 0 Å². The Morgan fingerprint density at radius 2 is 1.74 bits per heavy atom. The van der Waals surface area contributed by atoms with Crippen LogP contribution in [0.25, 0.3) is 28.0 Å². The molecule has 0 bridgehead atoms. The Hall–Kier alpha value is -3.45. The SMILES string of the molecule is CC(C)=CCc1c(CO)c(O)cc2oc3cc4c(c(O)c3c(=O)c12)C=C(O)C(C)(C)O4. The van der Waals surface area contributed by atoms with Gasteiger partial charge in [0.25, 0.3) is 0 Å². The Kier molecular flexibility index (Phi) is 4.74. The fourth-order valence-corrected chi connectivity index (χ4v) is 3.82. The van der Waals surface area contributed by atoms with Gasteiger partial charge in [0.1, 0.15) is 39.6 Å². The number of phenolic OH excluding ortho intramolecular Hbond substituents is 1. The third-order valence-electron chi connectivity index (χ3n) is 5.57. The standard InChI is InChI=1S/C24H24O7/c1-11(2)5-6-12-14(10-25)15(26)8-17-20(12)23(29)21-18(30-17)9-16-13(22(21)28)7-19(27)24(3,4)31-16/h5,7-9,25-28H,6,10H2,1-4H3. The maximum absolute atomic E-state index is 13.5. The van der Waals surface area contributed by atoms with Gasteiger partial charge in [-0.05, 0) is 45.8 Å². The van der Waals surface area contributed by atoms with Crippen molar-refractivity contribution in [3.05, 3.63) is 56.5 Å². The second-order valence-corrected chi connectivity index (χ2v) is 8.45. The van der Waals surface area contributed by atoms with Crippen LogP contribution in [0.5, 0.6) is 17.2 Å². The summed E-state index contributed by atoms with van der Waals surface area (Å²) in [5, 5.41) is 41.5. The number of benzene rings is 2. The van der Waals surface area contributed by atoms with Gasteiger partial charge in [-0.3, -0.25) is 4.79 Å². The molecule has 4 N–H and O–H groups in total. The molecule has 7 heteroatoms. The maximum atomic E-state index is 13.5. The topological polar surface area (TPSA) is 120 Å². The van der Waals surface area contributed by atoms with E-state index in [0.29, 0.717) is 12.0 Å². The number of hydrogen-bond donors (Lipinski definition) is 4. The second-order valence-electron chi connectivity index (χ2n) is 8.45. The predicted molar refractivity (Wildman–Crippen MR) is 118 cm³/mol. The van der Waals surface area contributed by atoms with E-state index >= 15 is 0 Å². The van der Waals surface area contributed by atoms with Gasteiger partial charge in [0, 0.05) is 17.7 Å². The van der Waals surface area contributed by atoms with Crippen molar-refractivity contribution in [2.45, 2.75) is 46.3 Å². The van der Waals surface area contributed by atoms with Crippen LogP contribution in [0.2, 0.25) is 0 Å². The third kappa shape index (κ3) is 3.21. The minimum atomic E-state index is -1.00. The van der Waals surface area contributed by atoms with Crippen molar-refractivity contribution in [2.75, 3.05) is 0 Å². The van der Waals surface area contributed by atoms with Crippen LogP contribution in [-0.2, 0) is 13.0 Å². The Morgan fingerprint density at radius 1 is 1.06 bits per heavy atom. The molecule has 0 amide bonds. The first-order valence-electron chi connectivity index (χ1n) is 9.89. The van der Waals surface area contributed by atoms with Crippen molar-refractivity contribution in [3.8, 4) is 17.2 Å². The zero-order valence-electron chi connectivity index (χ0n) is 17.7. The van der Waals surface area contributed by atoms with Crippen molar-refractivity contribution in [2.24, 2.45) is 0 Å². The number of aliphatic hydroxyl groups is 2. The van der Waals surface area contributed by atoms with Gasteiger partial charge in [-0.2, -0.15) is 0 Å². The molecular weight excluding hydrogens is 400 g/mol. The summed E-state index contributed by atoms with van der Waals surface area (Å²) in [6.07, 6.45) is 3.54. The van der Waals surface area contributed by atoms with Crippen LogP contribution in [0.1, 0.15) is 44.4 Å². The minimum Gasteiger partial charge on any atom is -0.508 e. The van der Waals surface area contributed by atoms with E-state index in [1.807, 2.05) is 19.9 Å². The molecule has 0 aliphatic carbocycles. The summed E-state index contributed by atoms with van der Waals surface area (Å²) >= 11 is 0. The monoisotopic (exact) mass is 424 g/mol. The minimum absolute atomic E-state index is 0.0633. The molecule has 31 heavy (non-hydrogen) atoms. The molecule has 162 valence electrons. The molecule has 0 spiro atoms. The van der Waals surface area contributed by atoms with E-state index in [0.717, 1.165) is 5.57 Å². The number of phenols is 2. The first-order valence-corrected chi connectivity index (χ1v) is 9.89. The highest BCUT2D eigenvalue weighted by atomic mass is 16.5. The van der Waals surface area contributed by atoms with Gasteiger partial charge in [-0.15, -0.1) is 0 Å². The van der Waals surface area contributed by atoms with E-state index < -0.39 is 17.6 Å². The number of aromatic hydroxyl groups is 2. The van der Waals surface area contributed by atoms with Crippen molar-refractivity contribution in [1.29, 1.82) is 0 Å². The molecule has 0 saturated carbocycles. The number of allylic oxidation sites excluding steroid dienone is 2. The van der Waals surface area contributed by atoms with Crippen LogP contribution in [0.15, 0.2) is 38.8 Å². The van der Waals surface area contributed by atoms with Gasteiger partial charge in [0.2, 0.25) is 5.43 Å². The van der Waals surface area contributed by atoms with Crippen LogP contribution in [0, 0.1) is 0 Å². The Morgan fingerprint density at radius 3 is 2.39 bits per heavy atom. The lowest BCUT2D eigenvalue weighted by atomic mass is 9.94. The van der Waals surface area contributed by atoms with E-state index in [1.165, 1.54) is 18.2 Å². The van der Waals surface area contributed by atoms with Gasteiger partial charge < -0.3 is 29.6 Å². The number of ether oxygens (including phenoxy) is 1. The highest BCUT2D eigenvalue weighted by Crippen LogP contribution is 2.43. The Bertz CT molecular complexity index is 1350. The lowest BCUT2D eigenvalue weighted by molar-refractivity contribution is 0.0933. The largest absolute Gasteiger partial charge is 0.508 e. The fourth-order valence-electron chi connectivity index (χ4n) is 3.82. The first kappa shape index (κ1) is 20.8. The van der Waals surface area contributed by atoms with Crippen LogP contribution >= 0.6 is 0 Å². The molecule has 0 saturated heterocycles. The first-order chi connectivity index (χ1) is 14.5. The number of fused-ring (bicyclic) bond motifs is 3. The smallest absolute Gasteiger partial charge is 0.204 e. The average Bonchev–Trinajstić information content (AvgIpc) is 2.67. The zero-order valence-corrected chi connectivity index (χ0v) is 17.7. The van der Waals surface area contributed by atoms with E-state index in [4.69, 9.17) is 9.15 Å². The summed E-state index contributed by atoms with van der Waals surface area (Å²) in [6, 6.07) is 2.78. The Labute approximate surface area is 178 Å². The molecule has 1 aliphatic rings. The van der Waals surface area contributed by atoms with Crippen molar-refractivity contribution in [3.63, 3.8) is 0 Å². The van der Waals surface area contributed by atoms with E-state index in [1.54, 1.807) is 13.8 Å². The quantitative estimate of drug-likeness (QED) is 0.363. The maximum Gasteiger partial charge on any atom is 0.204 e. The van der Waals surface area contributed by atoms with Gasteiger partial charge in [-0.25, -0.2) is 0 Å². The predicted octanol–water partition coefficient (Wildman–Crippen LogP) is 4.43. The molecule has 3 aromatic rings. The highest BCUT2D eigenvalue weighted by molar-refractivity contribution is 5.99. The third-order valence-corrected chi connectivity index (χ3v) is 5.57. The normalized spacial score (nSPS) is 14.8. The lowest BCUT2D eigenvalue weighted by Gasteiger charge is -2.30. The van der Waals surface area contributed by atoms with Gasteiger partial charge in [0.05, 0.1) is 17.6 Å². The molecule has 7 nitrogen and oxygen atoms in total. The summed E-state index contributed by atoms with van der Waals surface area (Å²) in [6.45, 7) is 6.69. The highest BCUT2D eigenvalue weighted by Gasteiger charge is 2.33. The van der Waals surface area contributed by atoms with Gasteiger partial charge in [-0.1, -0.05) is 11.6 Å². The Balaban J connectivity index is 2.13. The molecule has 0 unspecified atom stereocenters.